The van der Waals surface area contributed by atoms with Crippen LogP contribution in [0.2, 0.25) is 0 Å². The van der Waals surface area contributed by atoms with Crippen molar-refractivity contribution in [2.75, 3.05) is 13.2 Å². The van der Waals surface area contributed by atoms with E-state index in [2.05, 4.69) is 10.2 Å². The quantitative estimate of drug-likeness (QED) is 0.924. The SMILES string of the molecule is Cc1n[nH]c(C)c1S(=O)(=O)N1CC(c2ccccc2)OCC1(C)C. The van der Waals surface area contributed by atoms with Crippen LogP contribution in [0.15, 0.2) is 35.2 Å². The molecule has 3 rings (SSSR count). The van der Waals surface area contributed by atoms with Crippen LogP contribution in [-0.2, 0) is 14.8 Å². The van der Waals surface area contributed by atoms with Crippen LogP contribution in [0.4, 0.5) is 0 Å². The number of nitrogens with one attached hydrogen (secondary N) is 1. The number of sulfonamides is 1. The third kappa shape index (κ3) is 2.87. The molecule has 0 saturated carbocycles. The summed E-state index contributed by atoms with van der Waals surface area (Å²) >= 11 is 0. The lowest BCUT2D eigenvalue weighted by atomic mass is 10.0. The summed E-state index contributed by atoms with van der Waals surface area (Å²) in [5.41, 5.74) is 1.41. The van der Waals surface area contributed by atoms with Crippen molar-refractivity contribution >= 4 is 10.0 Å². The summed E-state index contributed by atoms with van der Waals surface area (Å²) in [6, 6.07) is 9.72. The monoisotopic (exact) mass is 349 g/mol. The minimum atomic E-state index is -3.67. The highest BCUT2D eigenvalue weighted by Crippen LogP contribution is 2.35. The van der Waals surface area contributed by atoms with Crippen LogP contribution in [0.5, 0.6) is 0 Å². The Bertz CT molecular complexity index is 809. The third-order valence-electron chi connectivity index (χ3n) is 4.42. The van der Waals surface area contributed by atoms with Gasteiger partial charge < -0.3 is 4.74 Å². The highest BCUT2D eigenvalue weighted by molar-refractivity contribution is 7.89. The topological polar surface area (TPSA) is 75.3 Å². The normalized spacial score (nSPS) is 21.8. The zero-order valence-electron chi connectivity index (χ0n) is 14.4. The van der Waals surface area contributed by atoms with E-state index in [0.717, 1.165) is 5.56 Å². The molecule has 0 amide bonds. The molecule has 130 valence electrons. The van der Waals surface area contributed by atoms with Crippen LogP contribution < -0.4 is 0 Å². The van der Waals surface area contributed by atoms with Crippen molar-refractivity contribution in [2.24, 2.45) is 0 Å². The smallest absolute Gasteiger partial charge is 0.247 e. The maximum absolute atomic E-state index is 13.3. The Morgan fingerprint density at radius 2 is 1.92 bits per heavy atom. The highest BCUT2D eigenvalue weighted by Gasteiger charge is 2.44. The van der Waals surface area contributed by atoms with Crippen LogP contribution in [0.25, 0.3) is 0 Å². The molecule has 7 heteroatoms. The molecule has 1 N–H and O–H groups in total. The van der Waals surface area contributed by atoms with Gasteiger partial charge in [0.15, 0.2) is 0 Å². The largest absolute Gasteiger partial charge is 0.370 e. The lowest BCUT2D eigenvalue weighted by Gasteiger charge is -2.44. The maximum atomic E-state index is 13.3. The molecule has 0 radical (unpaired) electrons. The van der Waals surface area contributed by atoms with Crippen LogP contribution in [0.1, 0.15) is 36.9 Å². The molecule has 1 aromatic carbocycles. The van der Waals surface area contributed by atoms with E-state index < -0.39 is 15.6 Å². The van der Waals surface area contributed by atoms with E-state index >= 15 is 0 Å². The first-order chi connectivity index (χ1) is 11.2. The van der Waals surface area contributed by atoms with Crippen LogP contribution >= 0.6 is 0 Å². The zero-order valence-corrected chi connectivity index (χ0v) is 15.2. The number of rotatable bonds is 3. The van der Waals surface area contributed by atoms with Crippen LogP contribution in [-0.4, -0.2) is 41.6 Å². The molecule has 1 fully saturated rings. The number of aromatic nitrogens is 2. The van der Waals surface area contributed by atoms with E-state index in [9.17, 15) is 8.42 Å². The molecule has 0 bridgehead atoms. The summed E-state index contributed by atoms with van der Waals surface area (Å²) in [5.74, 6) is 0. The van der Waals surface area contributed by atoms with Gasteiger partial charge in [0.25, 0.3) is 0 Å². The molecular weight excluding hydrogens is 326 g/mol. The summed E-state index contributed by atoms with van der Waals surface area (Å²) in [7, 11) is -3.67. The minimum absolute atomic E-state index is 0.268. The number of H-pyrrole nitrogens is 1. The Labute approximate surface area is 142 Å². The second-order valence-electron chi connectivity index (χ2n) is 6.82. The predicted octanol–water partition coefficient (Wildman–Crippen LogP) is 2.57. The first-order valence-electron chi connectivity index (χ1n) is 7.94. The van der Waals surface area contributed by atoms with E-state index in [1.54, 1.807) is 18.2 Å². The van der Waals surface area contributed by atoms with Gasteiger partial charge in [-0.1, -0.05) is 30.3 Å². The fourth-order valence-electron chi connectivity index (χ4n) is 3.15. The van der Waals surface area contributed by atoms with E-state index in [-0.39, 0.29) is 17.5 Å². The molecule has 24 heavy (non-hydrogen) atoms. The number of aromatic amines is 1. The Kier molecular flexibility index (Phi) is 4.27. The predicted molar refractivity (Wildman–Crippen MR) is 91.2 cm³/mol. The van der Waals surface area contributed by atoms with Crippen molar-refractivity contribution in [2.45, 2.75) is 44.2 Å². The van der Waals surface area contributed by atoms with Crippen molar-refractivity contribution in [3.05, 3.63) is 47.3 Å². The van der Waals surface area contributed by atoms with E-state index in [1.165, 1.54) is 0 Å². The molecule has 0 aliphatic carbocycles. The van der Waals surface area contributed by atoms with E-state index in [0.29, 0.717) is 18.0 Å². The molecule has 0 spiro atoms. The molecule has 2 aromatic rings. The molecule has 1 saturated heterocycles. The summed E-state index contributed by atoms with van der Waals surface area (Å²) < 4.78 is 34.1. The summed E-state index contributed by atoms with van der Waals surface area (Å²) in [6.45, 7) is 7.83. The number of aryl methyl sites for hydroxylation is 2. The van der Waals surface area contributed by atoms with Gasteiger partial charge in [-0.25, -0.2) is 8.42 Å². The van der Waals surface area contributed by atoms with Gasteiger partial charge in [-0.2, -0.15) is 9.40 Å². The maximum Gasteiger partial charge on any atom is 0.247 e. The average Bonchev–Trinajstić information content (AvgIpc) is 2.87. The lowest BCUT2D eigenvalue weighted by Crippen LogP contribution is -2.56. The van der Waals surface area contributed by atoms with Gasteiger partial charge in [0.05, 0.1) is 29.6 Å². The van der Waals surface area contributed by atoms with Gasteiger partial charge in [-0.05, 0) is 33.3 Å². The van der Waals surface area contributed by atoms with Crippen molar-refractivity contribution in [3.63, 3.8) is 0 Å². The van der Waals surface area contributed by atoms with Gasteiger partial charge in [-0.3, -0.25) is 5.10 Å². The molecule has 1 aliphatic heterocycles. The van der Waals surface area contributed by atoms with E-state index in [1.807, 2.05) is 44.2 Å². The molecule has 1 atom stereocenters. The number of hydrogen-bond acceptors (Lipinski definition) is 4. The molecule has 6 nitrogen and oxygen atoms in total. The van der Waals surface area contributed by atoms with Crippen molar-refractivity contribution in [1.82, 2.24) is 14.5 Å². The van der Waals surface area contributed by atoms with Crippen LogP contribution in [0.3, 0.4) is 0 Å². The average molecular weight is 349 g/mol. The lowest BCUT2D eigenvalue weighted by molar-refractivity contribution is -0.0655. The first-order valence-corrected chi connectivity index (χ1v) is 9.38. The standard InChI is InChI=1S/C17H23N3O3S/c1-12-16(13(2)19-18-12)24(21,22)20-10-15(23-11-17(20,3)4)14-8-6-5-7-9-14/h5-9,15H,10-11H2,1-4H3,(H,18,19). The second kappa shape index (κ2) is 5.98. The highest BCUT2D eigenvalue weighted by atomic mass is 32.2. The number of benzene rings is 1. The van der Waals surface area contributed by atoms with Crippen LogP contribution in [0, 0.1) is 13.8 Å². The number of morpholine rings is 1. The Hall–Kier alpha value is -1.70. The van der Waals surface area contributed by atoms with Crippen molar-refractivity contribution in [3.8, 4) is 0 Å². The van der Waals surface area contributed by atoms with Gasteiger partial charge in [0, 0.05) is 6.54 Å². The van der Waals surface area contributed by atoms with Gasteiger partial charge in [-0.15, -0.1) is 0 Å². The third-order valence-corrected chi connectivity index (χ3v) is 6.77. The Morgan fingerprint density at radius 1 is 1.25 bits per heavy atom. The van der Waals surface area contributed by atoms with Crippen molar-refractivity contribution in [1.29, 1.82) is 0 Å². The van der Waals surface area contributed by atoms with Gasteiger partial charge in [0.1, 0.15) is 4.90 Å². The molecule has 1 aliphatic rings. The summed E-state index contributed by atoms with van der Waals surface area (Å²) in [4.78, 5) is 0.268. The Balaban J connectivity index is 2.00. The molecular formula is C17H23N3O3S. The number of hydrogen-bond donors (Lipinski definition) is 1. The van der Waals surface area contributed by atoms with Gasteiger partial charge in [0.2, 0.25) is 10.0 Å². The van der Waals surface area contributed by atoms with Crippen molar-refractivity contribution < 1.29 is 13.2 Å². The molecule has 1 aromatic heterocycles. The first kappa shape index (κ1) is 17.1. The number of ether oxygens (including phenoxy) is 1. The fourth-order valence-corrected chi connectivity index (χ4v) is 5.26. The number of nitrogens with zero attached hydrogens (tertiary/aromatic N) is 2. The molecule has 1 unspecified atom stereocenters. The molecule has 2 heterocycles. The van der Waals surface area contributed by atoms with Gasteiger partial charge >= 0.3 is 0 Å². The van der Waals surface area contributed by atoms with E-state index in [4.69, 9.17) is 4.74 Å². The minimum Gasteiger partial charge on any atom is -0.370 e. The summed E-state index contributed by atoms with van der Waals surface area (Å²) in [6.07, 6.45) is -0.276. The fraction of sp³-hybridized carbons (Fsp3) is 0.471. The Morgan fingerprint density at radius 3 is 2.50 bits per heavy atom. The summed E-state index contributed by atoms with van der Waals surface area (Å²) in [5, 5.41) is 6.81. The zero-order chi connectivity index (χ0) is 17.5. The second-order valence-corrected chi connectivity index (χ2v) is 8.62.